The molecule has 0 saturated carbocycles. The number of rotatable bonds is 6. The first-order chi connectivity index (χ1) is 9.61. The van der Waals surface area contributed by atoms with Crippen molar-refractivity contribution in [1.29, 1.82) is 0 Å². The van der Waals surface area contributed by atoms with Gasteiger partial charge in [0.1, 0.15) is 5.75 Å². The molecule has 20 heavy (non-hydrogen) atoms. The van der Waals surface area contributed by atoms with Gasteiger partial charge in [0.25, 0.3) is 0 Å². The van der Waals surface area contributed by atoms with Crippen molar-refractivity contribution in [3.8, 4) is 5.75 Å². The molecule has 2 nitrogen and oxygen atoms in total. The number of thiophene rings is 1. The summed E-state index contributed by atoms with van der Waals surface area (Å²) in [7, 11) is 0. The van der Waals surface area contributed by atoms with Crippen LogP contribution in [0.3, 0.4) is 0 Å². The minimum Gasteiger partial charge on any atom is -0.494 e. The molecule has 2 unspecified atom stereocenters. The van der Waals surface area contributed by atoms with Gasteiger partial charge in [0.2, 0.25) is 0 Å². The maximum absolute atomic E-state index is 5.71. The third kappa shape index (κ3) is 3.62. The molecule has 2 rings (SSSR count). The largest absolute Gasteiger partial charge is 0.494 e. The second-order valence-corrected chi connectivity index (χ2v) is 6.35. The standard InChI is InChI=1S/C17H23NOS/c1-5-19-16-9-7-6-8-15(16)13(3)18-14(4)17-11-10-12(2)20-17/h6-11,13-14,18H,5H2,1-4H3. The van der Waals surface area contributed by atoms with Gasteiger partial charge >= 0.3 is 0 Å². The molecule has 0 spiro atoms. The number of aryl methyl sites for hydroxylation is 1. The normalized spacial score (nSPS) is 14.0. The molecule has 1 aromatic carbocycles. The molecule has 0 aliphatic heterocycles. The van der Waals surface area contributed by atoms with E-state index in [2.05, 4.69) is 50.4 Å². The highest BCUT2D eigenvalue weighted by Gasteiger charge is 2.15. The Bertz CT molecular complexity index is 549. The summed E-state index contributed by atoms with van der Waals surface area (Å²) in [5.74, 6) is 0.976. The van der Waals surface area contributed by atoms with E-state index in [1.165, 1.54) is 15.3 Å². The first-order valence-corrected chi connectivity index (χ1v) is 7.97. The van der Waals surface area contributed by atoms with E-state index in [9.17, 15) is 0 Å². The SMILES string of the molecule is CCOc1ccccc1C(C)NC(C)c1ccc(C)s1. The number of para-hydroxylation sites is 1. The maximum atomic E-state index is 5.71. The third-order valence-corrected chi connectivity index (χ3v) is 4.56. The molecule has 1 heterocycles. The van der Waals surface area contributed by atoms with Crippen molar-refractivity contribution >= 4 is 11.3 Å². The van der Waals surface area contributed by atoms with Crippen molar-refractivity contribution in [2.45, 2.75) is 39.8 Å². The Morgan fingerprint density at radius 1 is 1.10 bits per heavy atom. The van der Waals surface area contributed by atoms with E-state index in [0.29, 0.717) is 12.6 Å². The van der Waals surface area contributed by atoms with Crippen LogP contribution >= 0.6 is 11.3 Å². The van der Waals surface area contributed by atoms with Gasteiger partial charge in [-0.25, -0.2) is 0 Å². The van der Waals surface area contributed by atoms with E-state index in [1.807, 2.05) is 30.4 Å². The van der Waals surface area contributed by atoms with Crippen LogP contribution in [0.25, 0.3) is 0 Å². The molecule has 0 aliphatic carbocycles. The Kier molecular flexibility index (Phi) is 5.21. The molecule has 2 atom stereocenters. The lowest BCUT2D eigenvalue weighted by Crippen LogP contribution is -2.22. The van der Waals surface area contributed by atoms with Gasteiger partial charge in [-0.15, -0.1) is 11.3 Å². The van der Waals surface area contributed by atoms with Crippen molar-refractivity contribution in [2.75, 3.05) is 6.61 Å². The van der Waals surface area contributed by atoms with Crippen LogP contribution in [-0.2, 0) is 0 Å². The van der Waals surface area contributed by atoms with Gasteiger partial charge < -0.3 is 10.1 Å². The first-order valence-electron chi connectivity index (χ1n) is 7.16. The van der Waals surface area contributed by atoms with Crippen LogP contribution in [0.5, 0.6) is 5.75 Å². The summed E-state index contributed by atoms with van der Waals surface area (Å²) in [4.78, 5) is 2.74. The smallest absolute Gasteiger partial charge is 0.124 e. The van der Waals surface area contributed by atoms with E-state index >= 15 is 0 Å². The van der Waals surface area contributed by atoms with Crippen molar-refractivity contribution in [1.82, 2.24) is 5.32 Å². The van der Waals surface area contributed by atoms with Gasteiger partial charge in [-0.1, -0.05) is 18.2 Å². The molecule has 0 amide bonds. The van der Waals surface area contributed by atoms with Crippen LogP contribution < -0.4 is 10.1 Å². The number of benzene rings is 1. The van der Waals surface area contributed by atoms with Crippen LogP contribution in [0.1, 0.15) is 48.2 Å². The highest BCUT2D eigenvalue weighted by molar-refractivity contribution is 7.12. The van der Waals surface area contributed by atoms with Gasteiger partial charge in [0, 0.05) is 27.4 Å². The maximum Gasteiger partial charge on any atom is 0.124 e. The van der Waals surface area contributed by atoms with Crippen LogP contribution in [0.2, 0.25) is 0 Å². The van der Waals surface area contributed by atoms with Crippen LogP contribution in [0, 0.1) is 6.92 Å². The average Bonchev–Trinajstić information content (AvgIpc) is 2.86. The molecule has 1 aromatic heterocycles. The fraction of sp³-hybridized carbons (Fsp3) is 0.412. The Morgan fingerprint density at radius 3 is 2.50 bits per heavy atom. The topological polar surface area (TPSA) is 21.3 Å². The van der Waals surface area contributed by atoms with E-state index in [4.69, 9.17) is 4.74 Å². The fourth-order valence-electron chi connectivity index (χ4n) is 2.36. The zero-order chi connectivity index (χ0) is 14.5. The Balaban J connectivity index is 2.09. The molecule has 3 heteroatoms. The van der Waals surface area contributed by atoms with Crippen molar-refractivity contribution in [3.63, 3.8) is 0 Å². The lowest BCUT2D eigenvalue weighted by atomic mass is 10.1. The van der Waals surface area contributed by atoms with Gasteiger partial charge in [-0.3, -0.25) is 0 Å². The quantitative estimate of drug-likeness (QED) is 0.819. The summed E-state index contributed by atoms with van der Waals surface area (Å²) in [6, 6.07) is 13.2. The zero-order valence-electron chi connectivity index (χ0n) is 12.6. The minimum absolute atomic E-state index is 0.259. The van der Waals surface area contributed by atoms with E-state index in [0.717, 1.165) is 5.75 Å². The van der Waals surface area contributed by atoms with Gasteiger partial charge in [-0.2, -0.15) is 0 Å². The highest BCUT2D eigenvalue weighted by Crippen LogP contribution is 2.29. The number of nitrogens with one attached hydrogen (secondary N) is 1. The van der Waals surface area contributed by atoms with Gasteiger partial charge in [-0.05, 0) is 45.9 Å². The molecule has 2 aromatic rings. The molecular formula is C17H23NOS. The molecular weight excluding hydrogens is 266 g/mol. The fourth-order valence-corrected chi connectivity index (χ4v) is 3.25. The van der Waals surface area contributed by atoms with E-state index in [1.54, 1.807) is 0 Å². The van der Waals surface area contributed by atoms with Gasteiger partial charge in [0.15, 0.2) is 0 Å². The summed E-state index contributed by atoms with van der Waals surface area (Å²) >= 11 is 1.85. The molecule has 0 radical (unpaired) electrons. The predicted octanol–water partition coefficient (Wildman–Crippen LogP) is 4.87. The summed E-state index contributed by atoms with van der Waals surface area (Å²) in [5.41, 5.74) is 1.22. The summed E-state index contributed by atoms with van der Waals surface area (Å²) in [6.45, 7) is 9.27. The average molecular weight is 289 g/mol. The summed E-state index contributed by atoms with van der Waals surface area (Å²) in [6.07, 6.45) is 0. The third-order valence-electron chi connectivity index (χ3n) is 3.37. The summed E-state index contributed by atoms with van der Waals surface area (Å²) in [5, 5.41) is 3.65. The molecule has 0 aliphatic rings. The number of hydrogen-bond donors (Lipinski definition) is 1. The minimum atomic E-state index is 0.259. The Morgan fingerprint density at radius 2 is 1.85 bits per heavy atom. The lowest BCUT2D eigenvalue weighted by molar-refractivity contribution is 0.331. The van der Waals surface area contributed by atoms with Crippen LogP contribution in [0.15, 0.2) is 36.4 Å². The molecule has 0 saturated heterocycles. The Labute approximate surface area is 125 Å². The van der Waals surface area contributed by atoms with Crippen molar-refractivity contribution < 1.29 is 4.74 Å². The van der Waals surface area contributed by atoms with Crippen LogP contribution in [0.4, 0.5) is 0 Å². The van der Waals surface area contributed by atoms with Gasteiger partial charge in [0.05, 0.1) is 6.61 Å². The second kappa shape index (κ2) is 6.91. The van der Waals surface area contributed by atoms with Crippen LogP contribution in [-0.4, -0.2) is 6.61 Å². The number of ether oxygens (including phenoxy) is 1. The van der Waals surface area contributed by atoms with E-state index in [-0.39, 0.29) is 6.04 Å². The Hall–Kier alpha value is -1.32. The van der Waals surface area contributed by atoms with Crippen molar-refractivity contribution in [3.05, 3.63) is 51.7 Å². The van der Waals surface area contributed by atoms with E-state index < -0.39 is 0 Å². The monoisotopic (exact) mass is 289 g/mol. The molecule has 0 bridgehead atoms. The first kappa shape index (κ1) is 15.1. The molecule has 1 N–H and O–H groups in total. The second-order valence-electron chi connectivity index (χ2n) is 5.03. The lowest BCUT2D eigenvalue weighted by Gasteiger charge is -2.21. The number of hydrogen-bond acceptors (Lipinski definition) is 3. The zero-order valence-corrected chi connectivity index (χ0v) is 13.5. The predicted molar refractivity (Wildman–Crippen MR) is 86.6 cm³/mol. The molecule has 108 valence electrons. The van der Waals surface area contributed by atoms with Crippen molar-refractivity contribution in [2.24, 2.45) is 0 Å². The summed E-state index contributed by atoms with van der Waals surface area (Å²) < 4.78 is 5.71. The molecule has 0 fully saturated rings. The highest BCUT2D eigenvalue weighted by atomic mass is 32.1.